The molecule has 5 heteroatoms. The molecule has 2 amide bonds. The Kier molecular flexibility index (Phi) is 6.39. The Bertz CT molecular complexity index is 340. The summed E-state index contributed by atoms with van der Waals surface area (Å²) in [6.45, 7) is 4.71. The molecule has 1 rings (SSSR count). The zero-order valence-electron chi connectivity index (χ0n) is 11.8. The third kappa shape index (κ3) is 5.77. The van der Waals surface area contributed by atoms with Gasteiger partial charge in [-0.1, -0.05) is 12.2 Å². The second-order valence-corrected chi connectivity index (χ2v) is 5.27. The fraction of sp³-hybridized carbons (Fsp3) is 0.714. The maximum absolute atomic E-state index is 12.0. The number of rotatable bonds is 6. The van der Waals surface area contributed by atoms with Crippen LogP contribution in [0.25, 0.3) is 0 Å². The highest BCUT2D eigenvalue weighted by atomic mass is 16.4. The predicted octanol–water partition coefficient (Wildman–Crippen LogP) is 2.24. The van der Waals surface area contributed by atoms with Crippen LogP contribution in [0.1, 0.15) is 39.5 Å². The summed E-state index contributed by atoms with van der Waals surface area (Å²) < 4.78 is 0. The molecule has 0 fully saturated rings. The van der Waals surface area contributed by atoms with E-state index in [2.05, 4.69) is 17.5 Å². The normalized spacial score (nSPS) is 18.4. The van der Waals surface area contributed by atoms with Gasteiger partial charge in [-0.3, -0.25) is 4.79 Å². The van der Waals surface area contributed by atoms with Gasteiger partial charge in [-0.15, -0.1) is 0 Å². The molecule has 0 aromatic rings. The van der Waals surface area contributed by atoms with Gasteiger partial charge in [0, 0.05) is 19.1 Å². The van der Waals surface area contributed by atoms with E-state index in [9.17, 15) is 9.59 Å². The van der Waals surface area contributed by atoms with Crippen molar-refractivity contribution >= 4 is 12.0 Å². The van der Waals surface area contributed by atoms with Crippen molar-refractivity contribution in [1.29, 1.82) is 0 Å². The van der Waals surface area contributed by atoms with Crippen molar-refractivity contribution in [3.63, 3.8) is 0 Å². The van der Waals surface area contributed by atoms with E-state index in [1.54, 1.807) is 4.90 Å². The number of hydrogen-bond donors (Lipinski definition) is 2. The lowest BCUT2D eigenvalue weighted by atomic mass is 9.94. The number of aliphatic carboxylic acids is 1. The van der Waals surface area contributed by atoms with Crippen LogP contribution in [0, 0.1) is 5.92 Å². The van der Waals surface area contributed by atoms with Crippen LogP contribution in [-0.2, 0) is 4.79 Å². The first-order valence-electron chi connectivity index (χ1n) is 6.92. The van der Waals surface area contributed by atoms with Crippen molar-refractivity contribution in [2.45, 2.75) is 45.6 Å². The quantitative estimate of drug-likeness (QED) is 0.726. The molecule has 0 saturated heterocycles. The molecule has 1 aliphatic carbocycles. The maximum Gasteiger partial charge on any atom is 0.317 e. The van der Waals surface area contributed by atoms with Crippen LogP contribution in [0.5, 0.6) is 0 Å². The zero-order valence-corrected chi connectivity index (χ0v) is 11.8. The van der Waals surface area contributed by atoms with E-state index in [4.69, 9.17) is 5.11 Å². The standard InChI is InChI=1S/C14H24N2O3/c1-11(2)16(9-8-13(17)18)14(19)15-10-12-6-4-3-5-7-12/h3-4,11-12H,5-10H2,1-2H3,(H,15,19)(H,17,18). The largest absolute Gasteiger partial charge is 0.481 e. The molecule has 0 aromatic carbocycles. The number of amides is 2. The lowest BCUT2D eigenvalue weighted by Gasteiger charge is -2.27. The molecule has 0 aliphatic heterocycles. The first kappa shape index (κ1) is 15.5. The molecule has 1 unspecified atom stereocenters. The number of nitrogens with one attached hydrogen (secondary N) is 1. The molecule has 0 heterocycles. The van der Waals surface area contributed by atoms with Crippen molar-refractivity contribution in [1.82, 2.24) is 10.2 Å². The van der Waals surface area contributed by atoms with E-state index in [-0.39, 0.29) is 25.0 Å². The van der Waals surface area contributed by atoms with Gasteiger partial charge in [-0.25, -0.2) is 4.79 Å². The summed E-state index contributed by atoms with van der Waals surface area (Å²) in [5, 5.41) is 11.6. The second-order valence-electron chi connectivity index (χ2n) is 5.27. The molecule has 0 aromatic heterocycles. The highest BCUT2D eigenvalue weighted by molar-refractivity contribution is 5.75. The van der Waals surface area contributed by atoms with E-state index >= 15 is 0 Å². The topological polar surface area (TPSA) is 69.6 Å². The third-order valence-corrected chi connectivity index (χ3v) is 3.37. The number of carboxylic acid groups (broad SMARTS) is 1. The van der Waals surface area contributed by atoms with Gasteiger partial charge in [0.1, 0.15) is 0 Å². The Labute approximate surface area is 114 Å². The van der Waals surface area contributed by atoms with E-state index in [0.29, 0.717) is 12.5 Å². The smallest absolute Gasteiger partial charge is 0.317 e. The molecule has 5 nitrogen and oxygen atoms in total. The Balaban J connectivity index is 2.38. The second kappa shape index (κ2) is 7.81. The maximum atomic E-state index is 12.0. The van der Waals surface area contributed by atoms with Crippen molar-refractivity contribution in [2.75, 3.05) is 13.1 Å². The van der Waals surface area contributed by atoms with Gasteiger partial charge < -0.3 is 15.3 Å². The monoisotopic (exact) mass is 268 g/mol. The van der Waals surface area contributed by atoms with Gasteiger partial charge in [0.25, 0.3) is 0 Å². The minimum atomic E-state index is -0.879. The van der Waals surface area contributed by atoms with Gasteiger partial charge in [0.05, 0.1) is 6.42 Å². The van der Waals surface area contributed by atoms with E-state index < -0.39 is 5.97 Å². The van der Waals surface area contributed by atoms with Crippen molar-refractivity contribution in [2.24, 2.45) is 5.92 Å². The molecular weight excluding hydrogens is 244 g/mol. The third-order valence-electron chi connectivity index (χ3n) is 3.37. The van der Waals surface area contributed by atoms with Gasteiger partial charge in [-0.2, -0.15) is 0 Å². The molecule has 0 bridgehead atoms. The highest BCUT2D eigenvalue weighted by Crippen LogP contribution is 2.17. The van der Waals surface area contributed by atoms with Gasteiger partial charge in [0.2, 0.25) is 0 Å². The van der Waals surface area contributed by atoms with E-state index in [0.717, 1.165) is 19.3 Å². The van der Waals surface area contributed by atoms with Crippen LogP contribution in [0.15, 0.2) is 12.2 Å². The van der Waals surface area contributed by atoms with Gasteiger partial charge in [-0.05, 0) is 39.0 Å². The Morgan fingerprint density at radius 3 is 2.68 bits per heavy atom. The number of nitrogens with zero attached hydrogens (tertiary/aromatic N) is 1. The van der Waals surface area contributed by atoms with E-state index in [1.165, 1.54) is 0 Å². The van der Waals surface area contributed by atoms with Crippen LogP contribution < -0.4 is 5.32 Å². The Hall–Kier alpha value is -1.52. The number of allylic oxidation sites excluding steroid dienone is 2. The van der Waals surface area contributed by atoms with Gasteiger partial charge >= 0.3 is 12.0 Å². The summed E-state index contributed by atoms with van der Waals surface area (Å²) in [6, 6.07) is -0.156. The summed E-state index contributed by atoms with van der Waals surface area (Å²) in [5.41, 5.74) is 0. The zero-order chi connectivity index (χ0) is 14.3. The number of carbonyl (C=O) groups is 2. The van der Waals surface area contributed by atoms with Crippen LogP contribution in [-0.4, -0.2) is 41.1 Å². The molecular formula is C14H24N2O3. The number of carbonyl (C=O) groups excluding carboxylic acids is 1. The first-order chi connectivity index (χ1) is 9.00. The molecule has 108 valence electrons. The van der Waals surface area contributed by atoms with Crippen molar-refractivity contribution < 1.29 is 14.7 Å². The highest BCUT2D eigenvalue weighted by Gasteiger charge is 2.19. The molecule has 0 radical (unpaired) electrons. The first-order valence-corrected chi connectivity index (χ1v) is 6.92. The summed E-state index contributed by atoms with van der Waals surface area (Å²) in [4.78, 5) is 24.2. The summed E-state index contributed by atoms with van der Waals surface area (Å²) >= 11 is 0. The predicted molar refractivity (Wildman–Crippen MR) is 74.0 cm³/mol. The fourth-order valence-corrected chi connectivity index (χ4v) is 2.19. The molecule has 0 spiro atoms. The van der Waals surface area contributed by atoms with Crippen molar-refractivity contribution in [3.8, 4) is 0 Å². The van der Waals surface area contributed by atoms with Crippen LogP contribution in [0.3, 0.4) is 0 Å². The minimum absolute atomic E-state index is 0.00519. The van der Waals surface area contributed by atoms with Crippen LogP contribution in [0.2, 0.25) is 0 Å². The number of urea groups is 1. The Morgan fingerprint density at radius 2 is 2.16 bits per heavy atom. The fourth-order valence-electron chi connectivity index (χ4n) is 2.19. The van der Waals surface area contributed by atoms with Crippen LogP contribution in [0.4, 0.5) is 4.79 Å². The summed E-state index contributed by atoms with van der Waals surface area (Å²) in [6.07, 6.45) is 7.51. The van der Waals surface area contributed by atoms with Crippen LogP contribution >= 0.6 is 0 Å². The molecule has 2 N–H and O–H groups in total. The molecule has 0 saturated carbocycles. The van der Waals surface area contributed by atoms with Gasteiger partial charge in [0.15, 0.2) is 0 Å². The minimum Gasteiger partial charge on any atom is -0.481 e. The number of carboxylic acids is 1. The summed E-state index contributed by atoms with van der Waals surface area (Å²) in [5.74, 6) is -0.377. The molecule has 1 atom stereocenters. The molecule has 1 aliphatic rings. The summed E-state index contributed by atoms with van der Waals surface area (Å²) in [7, 11) is 0. The molecule has 19 heavy (non-hydrogen) atoms. The SMILES string of the molecule is CC(C)N(CCC(=O)O)C(=O)NCC1CC=CCC1. The average molecular weight is 268 g/mol. The van der Waals surface area contributed by atoms with Crippen molar-refractivity contribution in [3.05, 3.63) is 12.2 Å². The average Bonchev–Trinajstić information content (AvgIpc) is 2.37. The lowest BCUT2D eigenvalue weighted by molar-refractivity contribution is -0.137. The number of hydrogen-bond acceptors (Lipinski definition) is 2. The Morgan fingerprint density at radius 1 is 1.42 bits per heavy atom. The lowest BCUT2D eigenvalue weighted by Crippen LogP contribution is -2.46. The van der Waals surface area contributed by atoms with E-state index in [1.807, 2.05) is 13.8 Å².